The third kappa shape index (κ3) is 5.67. The summed E-state index contributed by atoms with van der Waals surface area (Å²) < 4.78 is 44.8. The number of nitrogens with two attached hydrogens (primary N) is 1. The first-order valence-corrected chi connectivity index (χ1v) is 9.97. The maximum atomic E-state index is 14.1. The van der Waals surface area contributed by atoms with Crippen LogP contribution in [-0.2, 0) is 17.6 Å². The fraction of sp³-hybridized carbons (Fsp3) is 0.400. The van der Waals surface area contributed by atoms with Crippen molar-refractivity contribution in [1.29, 1.82) is 0 Å². The second kappa shape index (κ2) is 9.04. The fourth-order valence-corrected chi connectivity index (χ4v) is 3.38. The Morgan fingerprint density at radius 3 is 2.44 bits per heavy atom. The van der Waals surface area contributed by atoms with Crippen molar-refractivity contribution in [2.75, 3.05) is 7.11 Å². The summed E-state index contributed by atoms with van der Waals surface area (Å²) in [7, 11) is -0.0653. The van der Waals surface area contributed by atoms with Crippen LogP contribution >= 0.6 is 11.6 Å². The van der Waals surface area contributed by atoms with E-state index in [2.05, 4.69) is 0 Å². The van der Waals surface area contributed by atoms with Gasteiger partial charge in [0.1, 0.15) is 23.9 Å². The molecule has 2 N–H and O–H groups in total. The zero-order chi connectivity index (χ0) is 21.1. The van der Waals surface area contributed by atoms with Crippen molar-refractivity contribution in [3.63, 3.8) is 0 Å². The molecule has 1 unspecified atom stereocenters. The van der Waals surface area contributed by atoms with Crippen LogP contribution in [0.1, 0.15) is 45.6 Å². The van der Waals surface area contributed by atoms with Crippen LogP contribution in [0.3, 0.4) is 0 Å². The molecular weight excluding hydrogens is 389 g/mol. The normalized spacial score (nSPS) is 15.6. The number of benzene rings is 2. The van der Waals surface area contributed by atoms with Gasteiger partial charge in [0.25, 0.3) is 0 Å². The zero-order valence-corrected chi connectivity index (χ0v) is 17.4. The zero-order valence-electron chi connectivity index (χ0n) is 16.8. The van der Waals surface area contributed by atoms with Crippen molar-refractivity contribution >= 4 is 22.6 Å². The van der Waals surface area contributed by atoms with E-state index in [-0.39, 0.29) is 18.1 Å². The smallest absolute Gasteiger partial charge is 0.125 e. The van der Waals surface area contributed by atoms with E-state index in [0.717, 1.165) is 0 Å². The molecule has 7 heteroatoms. The predicted octanol–water partition coefficient (Wildman–Crippen LogP) is 4.96. The van der Waals surface area contributed by atoms with E-state index in [0.29, 0.717) is 22.6 Å². The van der Waals surface area contributed by atoms with Crippen LogP contribution in [0.5, 0.6) is 11.5 Å². The highest BCUT2D eigenvalue weighted by molar-refractivity contribution is 7.84. The van der Waals surface area contributed by atoms with Crippen molar-refractivity contribution < 1.29 is 19.4 Å². The van der Waals surface area contributed by atoms with Crippen LogP contribution in [0.25, 0.3) is 0 Å². The van der Waals surface area contributed by atoms with E-state index in [1.54, 1.807) is 52.1 Å². The molecule has 2 rings (SSSR count). The summed E-state index contributed by atoms with van der Waals surface area (Å²) in [6, 6.07) is 9.49. The van der Waals surface area contributed by atoms with Crippen LogP contribution in [0.15, 0.2) is 36.4 Å². The first-order chi connectivity index (χ1) is 13.0. The third-order valence-electron chi connectivity index (χ3n) is 4.30. The first kappa shape index (κ1) is 20.1. The molecule has 0 spiro atoms. The molecule has 27 heavy (non-hydrogen) atoms. The summed E-state index contributed by atoms with van der Waals surface area (Å²) in [4.78, 5) is 0. The molecule has 2 aromatic rings. The summed E-state index contributed by atoms with van der Waals surface area (Å²) in [5.74, 6) is -0.535. The van der Waals surface area contributed by atoms with Gasteiger partial charge < -0.3 is 9.47 Å². The van der Waals surface area contributed by atoms with E-state index < -0.39 is 27.4 Å². The quantitative estimate of drug-likeness (QED) is 0.663. The van der Waals surface area contributed by atoms with Gasteiger partial charge in [0.05, 0.1) is 27.9 Å². The van der Waals surface area contributed by atoms with Crippen LogP contribution in [-0.4, -0.2) is 16.1 Å². The molecule has 0 amide bonds. The van der Waals surface area contributed by atoms with E-state index >= 15 is 0 Å². The third-order valence-corrected chi connectivity index (χ3v) is 5.87. The van der Waals surface area contributed by atoms with Crippen LogP contribution in [0.2, 0.25) is 5.02 Å². The minimum absolute atomic E-state index is 0.0569. The lowest BCUT2D eigenvalue weighted by atomic mass is 9.88. The van der Waals surface area contributed by atoms with Crippen molar-refractivity contribution in [2.45, 2.75) is 44.4 Å². The van der Waals surface area contributed by atoms with Gasteiger partial charge in [-0.05, 0) is 68.1 Å². The molecule has 2 atom stereocenters. The summed E-state index contributed by atoms with van der Waals surface area (Å²) in [6.45, 7) is 5.11. The van der Waals surface area contributed by atoms with Gasteiger partial charge in [0, 0.05) is 6.93 Å². The van der Waals surface area contributed by atoms with Gasteiger partial charge in [-0.25, -0.2) is 8.60 Å². The number of rotatable bonds is 8. The standard InChI is InChI=1S/C20H25ClFNO3S/c1-13(11-20(2,3)27(23)24)17-9-14(22)10-19(21)18(17)12-26-16-7-5-15(25-4)6-8-16/h5-10,13H,11-12,23H2,1-4H3/t13-,27?/m0/s1/i13D. The highest BCUT2D eigenvalue weighted by Gasteiger charge is 2.28. The summed E-state index contributed by atoms with van der Waals surface area (Å²) in [6.07, 6.45) is 0.151. The molecule has 0 aliphatic heterocycles. The first-order valence-electron chi connectivity index (χ1n) is 8.88. The highest BCUT2D eigenvalue weighted by Crippen LogP contribution is 2.34. The molecule has 0 radical (unpaired) electrons. The Balaban J connectivity index is 2.35. The second-order valence-electron chi connectivity index (χ2n) is 6.89. The lowest BCUT2D eigenvalue weighted by Gasteiger charge is -2.27. The van der Waals surface area contributed by atoms with Crippen LogP contribution in [0.4, 0.5) is 4.39 Å². The van der Waals surface area contributed by atoms with Crippen molar-refractivity contribution in [2.24, 2.45) is 5.14 Å². The topological polar surface area (TPSA) is 61.6 Å². The highest BCUT2D eigenvalue weighted by atomic mass is 35.5. The number of hydrogen-bond donors (Lipinski definition) is 1. The number of hydrogen-bond acceptors (Lipinski definition) is 3. The van der Waals surface area contributed by atoms with Crippen LogP contribution < -0.4 is 14.6 Å². The number of halogens is 2. The Hall–Kier alpha value is -1.63. The lowest BCUT2D eigenvalue weighted by Crippen LogP contribution is -2.33. The van der Waals surface area contributed by atoms with E-state index in [1.165, 1.54) is 12.1 Å². The Bertz CT molecular complexity index is 859. The molecule has 0 saturated heterocycles. The van der Waals surface area contributed by atoms with E-state index in [1.807, 2.05) is 0 Å². The maximum Gasteiger partial charge on any atom is 0.125 e. The van der Waals surface area contributed by atoms with Gasteiger partial charge in [-0.2, -0.15) is 0 Å². The largest absolute Gasteiger partial charge is 0.497 e. The fourth-order valence-electron chi connectivity index (χ4n) is 2.76. The molecule has 0 heterocycles. The molecule has 0 aromatic heterocycles. The molecule has 148 valence electrons. The molecular formula is C20H25ClFNO3S. The van der Waals surface area contributed by atoms with E-state index in [4.69, 9.17) is 27.6 Å². The summed E-state index contributed by atoms with van der Waals surface area (Å²) in [5, 5.41) is 5.74. The molecule has 0 fully saturated rings. The number of ether oxygens (including phenoxy) is 2. The van der Waals surface area contributed by atoms with Gasteiger partial charge in [0.15, 0.2) is 0 Å². The monoisotopic (exact) mass is 414 g/mol. The predicted molar refractivity (Wildman–Crippen MR) is 108 cm³/mol. The van der Waals surface area contributed by atoms with Gasteiger partial charge in [0.2, 0.25) is 0 Å². The van der Waals surface area contributed by atoms with Gasteiger partial charge in [-0.15, -0.1) is 0 Å². The summed E-state index contributed by atoms with van der Waals surface area (Å²) in [5.41, 5.74) is 0.888. The Morgan fingerprint density at radius 2 is 1.89 bits per heavy atom. The molecule has 0 aliphatic carbocycles. The van der Waals surface area contributed by atoms with Gasteiger partial charge >= 0.3 is 0 Å². The van der Waals surface area contributed by atoms with Crippen molar-refractivity contribution in [3.05, 3.63) is 58.4 Å². The molecule has 0 saturated carbocycles. The second-order valence-corrected chi connectivity index (χ2v) is 9.00. The average Bonchev–Trinajstić information content (AvgIpc) is 2.60. The van der Waals surface area contributed by atoms with Crippen LogP contribution in [0, 0.1) is 5.82 Å². The van der Waals surface area contributed by atoms with Gasteiger partial charge in [-0.3, -0.25) is 5.14 Å². The van der Waals surface area contributed by atoms with Crippen molar-refractivity contribution in [3.8, 4) is 11.5 Å². The average molecular weight is 415 g/mol. The van der Waals surface area contributed by atoms with Gasteiger partial charge in [-0.1, -0.05) is 18.5 Å². The van der Waals surface area contributed by atoms with E-state index in [9.17, 15) is 8.60 Å². The molecule has 2 aromatic carbocycles. The molecule has 0 aliphatic rings. The Morgan fingerprint density at radius 1 is 1.30 bits per heavy atom. The molecule has 4 nitrogen and oxygen atoms in total. The minimum Gasteiger partial charge on any atom is -0.497 e. The Labute approximate surface area is 168 Å². The lowest BCUT2D eigenvalue weighted by molar-refractivity contribution is 0.303. The van der Waals surface area contributed by atoms with Crippen molar-refractivity contribution in [1.82, 2.24) is 0 Å². The number of methoxy groups -OCH3 is 1. The molecule has 0 bridgehead atoms. The minimum atomic E-state index is -1.64. The Kier molecular flexibility index (Phi) is 6.73. The SMILES string of the molecule is [2H][C@](C)(CC(C)(C)S(N)=O)c1cc(F)cc(Cl)c1COc1ccc(OC)cc1. The maximum absolute atomic E-state index is 14.1. The summed E-state index contributed by atoms with van der Waals surface area (Å²) >= 11 is 6.28.